The number of anilines is 2. The van der Waals surface area contributed by atoms with E-state index < -0.39 is 0 Å². The lowest BCUT2D eigenvalue weighted by Crippen LogP contribution is -1.96. The number of nitrogens with one attached hydrogen (secondary N) is 1. The predicted molar refractivity (Wildman–Crippen MR) is 151 cm³/mol. The third-order valence-electron chi connectivity index (χ3n) is 6.57. The number of benzene rings is 5. The maximum atomic E-state index is 4.06. The van der Waals surface area contributed by atoms with Crippen molar-refractivity contribution >= 4 is 38.8 Å². The van der Waals surface area contributed by atoms with Gasteiger partial charge in [0.05, 0.1) is 11.0 Å². The summed E-state index contributed by atoms with van der Waals surface area (Å²) in [5.74, 6) is 0. The van der Waals surface area contributed by atoms with Crippen LogP contribution in [0.1, 0.15) is 12.5 Å². The van der Waals surface area contributed by atoms with Crippen LogP contribution in [0.2, 0.25) is 0 Å². The van der Waals surface area contributed by atoms with E-state index in [0.717, 1.165) is 28.2 Å². The number of rotatable bonds is 5. The first-order valence-corrected chi connectivity index (χ1v) is 11.9. The molecule has 0 bridgehead atoms. The summed E-state index contributed by atoms with van der Waals surface area (Å²) < 4.78 is 2.36. The molecule has 0 spiro atoms. The summed E-state index contributed by atoms with van der Waals surface area (Å²) in [5, 5.41) is 6.20. The summed E-state index contributed by atoms with van der Waals surface area (Å²) in [5.41, 5.74) is 10.3. The van der Waals surface area contributed by atoms with Crippen molar-refractivity contribution in [2.45, 2.75) is 6.92 Å². The molecule has 0 amide bonds. The SMILES string of the molecule is C=C(C)c1ccc(Nc2ccc3c(c2-c2ccccc2)c2ccccc2n3-c2ccccc2)cc1. The molecule has 35 heavy (non-hydrogen) atoms. The van der Waals surface area contributed by atoms with Gasteiger partial charge in [-0.25, -0.2) is 0 Å². The molecule has 0 atom stereocenters. The predicted octanol–water partition coefficient (Wildman–Crippen LogP) is 9.23. The zero-order chi connectivity index (χ0) is 23.8. The molecule has 0 aliphatic carbocycles. The highest BCUT2D eigenvalue weighted by atomic mass is 15.0. The Morgan fingerprint density at radius 2 is 1.31 bits per heavy atom. The molecule has 0 aliphatic rings. The van der Waals surface area contributed by atoms with E-state index in [1.807, 2.05) is 6.92 Å². The molecular formula is C33H26N2. The van der Waals surface area contributed by atoms with Gasteiger partial charge in [-0.15, -0.1) is 0 Å². The van der Waals surface area contributed by atoms with Crippen molar-refractivity contribution in [3.8, 4) is 16.8 Å². The monoisotopic (exact) mass is 450 g/mol. The minimum absolute atomic E-state index is 1.05. The van der Waals surface area contributed by atoms with Gasteiger partial charge in [0.25, 0.3) is 0 Å². The Morgan fingerprint density at radius 3 is 2.03 bits per heavy atom. The molecule has 0 radical (unpaired) electrons. The number of fused-ring (bicyclic) bond motifs is 3. The van der Waals surface area contributed by atoms with Gasteiger partial charge in [-0.1, -0.05) is 91.0 Å². The number of para-hydroxylation sites is 2. The van der Waals surface area contributed by atoms with Crippen molar-refractivity contribution < 1.29 is 0 Å². The van der Waals surface area contributed by atoms with Crippen LogP contribution in [-0.4, -0.2) is 4.57 Å². The first-order valence-electron chi connectivity index (χ1n) is 11.9. The molecule has 0 fully saturated rings. The Morgan fingerprint density at radius 1 is 0.657 bits per heavy atom. The molecule has 0 unspecified atom stereocenters. The summed E-state index contributed by atoms with van der Waals surface area (Å²) in [7, 11) is 0. The van der Waals surface area contributed by atoms with Gasteiger partial charge in [-0.3, -0.25) is 0 Å². The lowest BCUT2D eigenvalue weighted by atomic mass is 9.97. The van der Waals surface area contributed by atoms with E-state index in [-0.39, 0.29) is 0 Å². The largest absolute Gasteiger partial charge is 0.355 e. The van der Waals surface area contributed by atoms with Crippen molar-refractivity contribution in [2.75, 3.05) is 5.32 Å². The molecule has 1 aromatic heterocycles. The zero-order valence-electron chi connectivity index (χ0n) is 19.7. The average Bonchev–Trinajstić information content (AvgIpc) is 3.24. The van der Waals surface area contributed by atoms with Gasteiger partial charge in [-0.2, -0.15) is 0 Å². The molecule has 2 nitrogen and oxygen atoms in total. The molecule has 168 valence electrons. The van der Waals surface area contributed by atoms with E-state index in [1.165, 1.54) is 32.9 Å². The fourth-order valence-electron chi connectivity index (χ4n) is 4.92. The molecule has 0 saturated heterocycles. The zero-order valence-corrected chi connectivity index (χ0v) is 19.7. The minimum atomic E-state index is 1.05. The van der Waals surface area contributed by atoms with Gasteiger partial charge in [0.2, 0.25) is 0 Å². The molecule has 1 heterocycles. The second-order valence-corrected chi connectivity index (χ2v) is 8.92. The second-order valence-electron chi connectivity index (χ2n) is 8.92. The van der Waals surface area contributed by atoms with Gasteiger partial charge in [-0.05, 0) is 60.5 Å². The van der Waals surface area contributed by atoms with Gasteiger partial charge >= 0.3 is 0 Å². The topological polar surface area (TPSA) is 17.0 Å². The van der Waals surface area contributed by atoms with E-state index in [0.29, 0.717) is 0 Å². The third-order valence-corrected chi connectivity index (χ3v) is 6.57. The molecule has 1 N–H and O–H groups in total. The van der Waals surface area contributed by atoms with Crippen LogP contribution in [0.15, 0.2) is 128 Å². The Bertz CT molecular complexity index is 1660. The first kappa shape index (κ1) is 21.0. The smallest absolute Gasteiger partial charge is 0.0548 e. The highest BCUT2D eigenvalue weighted by molar-refractivity contribution is 6.18. The molecule has 6 aromatic rings. The highest BCUT2D eigenvalue weighted by Crippen LogP contribution is 2.43. The second kappa shape index (κ2) is 8.66. The molecular weight excluding hydrogens is 424 g/mol. The molecule has 2 heteroatoms. The quantitative estimate of drug-likeness (QED) is 0.277. The van der Waals surface area contributed by atoms with Gasteiger partial charge in [0, 0.05) is 33.4 Å². The number of hydrogen-bond donors (Lipinski definition) is 1. The maximum absolute atomic E-state index is 4.06. The van der Waals surface area contributed by atoms with E-state index >= 15 is 0 Å². The first-order chi connectivity index (χ1) is 17.2. The van der Waals surface area contributed by atoms with Crippen molar-refractivity contribution in [3.63, 3.8) is 0 Å². The third kappa shape index (κ3) is 3.70. The van der Waals surface area contributed by atoms with Crippen LogP contribution in [0.5, 0.6) is 0 Å². The summed E-state index contributed by atoms with van der Waals surface area (Å²) in [6.07, 6.45) is 0. The number of allylic oxidation sites excluding steroid dienone is 1. The Hall–Kier alpha value is -4.56. The Kier molecular flexibility index (Phi) is 5.20. The van der Waals surface area contributed by atoms with E-state index in [4.69, 9.17) is 0 Å². The lowest BCUT2D eigenvalue weighted by Gasteiger charge is -2.16. The van der Waals surface area contributed by atoms with Crippen molar-refractivity contribution in [3.05, 3.63) is 133 Å². The van der Waals surface area contributed by atoms with Crippen molar-refractivity contribution in [2.24, 2.45) is 0 Å². The lowest BCUT2D eigenvalue weighted by molar-refractivity contribution is 1.18. The summed E-state index contributed by atoms with van der Waals surface area (Å²) >= 11 is 0. The van der Waals surface area contributed by atoms with Crippen LogP contribution in [-0.2, 0) is 0 Å². The summed E-state index contributed by atoms with van der Waals surface area (Å²) in [6, 6.07) is 42.9. The van der Waals surface area contributed by atoms with E-state index in [2.05, 4.69) is 138 Å². The molecule has 6 rings (SSSR count). The van der Waals surface area contributed by atoms with Gasteiger partial charge in [0.1, 0.15) is 0 Å². The standard InChI is InChI=1S/C33H26N2/c1-23(2)24-17-19-26(20-18-24)34-29-21-22-31-33(32(29)25-11-5-3-6-12-25)28-15-9-10-16-30(28)35(31)27-13-7-4-8-14-27/h3-22,34H,1H2,2H3. The molecule has 0 saturated carbocycles. The van der Waals surface area contributed by atoms with Crippen LogP contribution in [0.25, 0.3) is 44.2 Å². The minimum Gasteiger partial charge on any atom is -0.355 e. The summed E-state index contributed by atoms with van der Waals surface area (Å²) in [4.78, 5) is 0. The van der Waals surface area contributed by atoms with Crippen LogP contribution >= 0.6 is 0 Å². The fraction of sp³-hybridized carbons (Fsp3) is 0.0303. The van der Waals surface area contributed by atoms with Gasteiger partial charge < -0.3 is 9.88 Å². The number of aromatic nitrogens is 1. The highest BCUT2D eigenvalue weighted by Gasteiger charge is 2.19. The van der Waals surface area contributed by atoms with Crippen LogP contribution < -0.4 is 5.32 Å². The number of nitrogens with zero attached hydrogens (tertiary/aromatic N) is 1. The summed E-state index contributed by atoms with van der Waals surface area (Å²) in [6.45, 7) is 6.09. The normalized spacial score (nSPS) is 11.1. The van der Waals surface area contributed by atoms with Crippen LogP contribution in [0.3, 0.4) is 0 Å². The van der Waals surface area contributed by atoms with Crippen LogP contribution in [0.4, 0.5) is 11.4 Å². The number of hydrogen-bond acceptors (Lipinski definition) is 1. The molecule has 5 aromatic carbocycles. The van der Waals surface area contributed by atoms with E-state index in [1.54, 1.807) is 0 Å². The van der Waals surface area contributed by atoms with E-state index in [9.17, 15) is 0 Å². The van der Waals surface area contributed by atoms with Crippen LogP contribution in [0, 0.1) is 0 Å². The van der Waals surface area contributed by atoms with Gasteiger partial charge in [0.15, 0.2) is 0 Å². The molecule has 0 aliphatic heterocycles. The average molecular weight is 451 g/mol. The fourth-order valence-corrected chi connectivity index (χ4v) is 4.92. The Balaban J connectivity index is 1.64. The van der Waals surface area contributed by atoms with Crippen molar-refractivity contribution in [1.29, 1.82) is 0 Å². The van der Waals surface area contributed by atoms with Crippen molar-refractivity contribution in [1.82, 2.24) is 4.57 Å². The Labute approximate surface area is 205 Å². The maximum Gasteiger partial charge on any atom is 0.0548 e.